The van der Waals surface area contributed by atoms with Gasteiger partial charge in [-0.1, -0.05) is 18.5 Å². The average Bonchev–Trinajstić information content (AvgIpc) is 2.80. The molecular weight excluding hydrogens is 351 g/mol. The summed E-state index contributed by atoms with van der Waals surface area (Å²) in [5.74, 6) is -2.09. The number of aromatic nitrogens is 2. The number of nitrogens with one attached hydrogen (secondary N) is 1. The van der Waals surface area contributed by atoms with Crippen molar-refractivity contribution >= 4 is 29.1 Å². The Morgan fingerprint density at radius 2 is 2.08 bits per heavy atom. The molecule has 0 saturated heterocycles. The summed E-state index contributed by atoms with van der Waals surface area (Å²) in [5.41, 5.74) is -1.13. The predicted molar refractivity (Wildman–Crippen MR) is 79.1 cm³/mol. The highest BCUT2D eigenvalue weighted by atomic mass is 35.5. The minimum absolute atomic E-state index is 0.0179. The number of amides is 1. The minimum Gasteiger partial charge on any atom is -0.480 e. The second-order valence-electron chi connectivity index (χ2n) is 5.09. The van der Waals surface area contributed by atoms with Gasteiger partial charge in [0.1, 0.15) is 11.7 Å². The fourth-order valence-corrected chi connectivity index (χ4v) is 2.46. The van der Waals surface area contributed by atoms with Crippen LogP contribution in [-0.2, 0) is 11.0 Å². The summed E-state index contributed by atoms with van der Waals surface area (Å²) in [5, 5.41) is 11.0. The topological polar surface area (TPSA) is 83.7 Å². The van der Waals surface area contributed by atoms with Crippen molar-refractivity contribution in [3.63, 3.8) is 0 Å². The first-order valence-electron chi connectivity index (χ1n) is 6.85. The first-order valence-corrected chi connectivity index (χ1v) is 7.23. The third-order valence-electron chi connectivity index (χ3n) is 3.40. The molecule has 2 rings (SSSR count). The first-order chi connectivity index (χ1) is 11.1. The van der Waals surface area contributed by atoms with Crippen molar-refractivity contribution in [2.45, 2.75) is 32.5 Å². The molecule has 1 unspecified atom stereocenters. The van der Waals surface area contributed by atoms with E-state index in [2.05, 4.69) is 10.3 Å². The van der Waals surface area contributed by atoms with Crippen LogP contribution in [-0.4, -0.2) is 32.4 Å². The van der Waals surface area contributed by atoms with Gasteiger partial charge in [0.2, 0.25) is 0 Å². The molecule has 0 fully saturated rings. The molecule has 0 radical (unpaired) electrons. The summed E-state index contributed by atoms with van der Waals surface area (Å²) in [7, 11) is 0. The Labute approximate surface area is 139 Å². The lowest BCUT2D eigenvalue weighted by molar-refractivity contribution is -0.139. The van der Waals surface area contributed by atoms with Crippen LogP contribution < -0.4 is 5.32 Å². The van der Waals surface area contributed by atoms with Crippen molar-refractivity contribution in [2.24, 2.45) is 0 Å². The number of imidazole rings is 1. The molecule has 0 aliphatic carbocycles. The molecule has 2 aromatic rings. The van der Waals surface area contributed by atoms with Crippen LogP contribution >= 0.6 is 11.6 Å². The number of carboxylic acid groups (broad SMARTS) is 1. The molecule has 10 heteroatoms. The molecule has 0 spiro atoms. The van der Waals surface area contributed by atoms with E-state index in [1.54, 1.807) is 6.92 Å². The lowest BCUT2D eigenvalue weighted by Crippen LogP contribution is -2.40. The van der Waals surface area contributed by atoms with Crippen LogP contribution in [0.2, 0.25) is 5.02 Å². The molecule has 0 aliphatic rings. The lowest BCUT2D eigenvalue weighted by atomic mass is 10.2. The average molecular weight is 364 g/mol. The third-order valence-corrected chi connectivity index (χ3v) is 3.68. The summed E-state index contributed by atoms with van der Waals surface area (Å²) in [6, 6.07) is -0.444. The molecule has 2 heterocycles. The molecule has 130 valence electrons. The van der Waals surface area contributed by atoms with Gasteiger partial charge in [0, 0.05) is 6.20 Å². The Morgan fingerprint density at radius 3 is 2.58 bits per heavy atom. The second-order valence-corrected chi connectivity index (χ2v) is 5.49. The molecule has 2 aromatic heterocycles. The Balaban J connectivity index is 2.57. The monoisotopic (exact) mass is 363 g/mol. The largest absolute Gasteiger partial charge is 0.480 e. The maximum absolute atomic E-state index is 12.9. The number of carbonyl (C=O) groups excluding carboxylic acids is 1. The number of halogens is 4. The number of hydrogen-bond acceptors (Lipinski definition) is 3. The molecule has 0 saturated carbocycles. The van der Waals surface area contributed by atoms with E-state index in [4.69, 9.17) is 16.7 Å². The Morgan fingerprint density at radius 1 is 1.46 bits per heavy atom. The normalized spacial score (nSPS) is 13.1. The quantitative estimate of drug-likeness (QED) is 0.874. The number of hydrogen-bond donors (Lipinski definition) is 2. The van der Waals surface area contributed by atoms with Gasteiger partial charge in [0.15, 0.2) is 5.65 Å². The molecule has 0 aromatic carbocycles. The van der Waals surface area contributed by atoms with E-state index in [1.165, 1.54) is 6.92 Å². The molecular formula is C14H13ClF3N3O3. The second kappa shape index (κ2) is 6.31. The van der Waals surface area contributed by atoms with Crippen LogP contribution in [0.15, 0.2) is 12.3 Å². The van der Waals surface area contributed by atoms with Gasteiger partial charge in [-0.15, -0.1) is 0 Å². The first kappa shape index (κ1) is 18.1. The SMILES string of the molecule is CCC(NC(=O)c1c(C)nc2c(Cl)cc(C(F)(F)F)cn12)C(=O)O. The summed E-state index contributed by atoms with van der Waals surface area (Å²) in [4.78, 5) is 27.3. The highest BCUT2D eigenvalue weighted by Gasteiger charge is 2.33. The zero-order chi connectivity index (χ0) is 18.2. The fraction of sp³-hybridized carbons (Fsp3) is 0.357. The van der Waals surface area contributed by atoms with Crippen LogP contribution in [0.25, 0.3) is 5.65 Å². The maximum Gasteiger partial charge on any atom is 0.417 e. The van der Waals surface area contributed by atoms with Gasteiger partial charge in [-0.05, 0) is 19.4 Å². The highest BCUT2D eigenvalue weighted by Crippen LogP contribution is 2.33. The van der Waals surface area contributed by atoms with E-state index in [-0.39, 0.29) is 28.5 Å². The highest BCUT2D eigenvalue weighted by molar-refractivity contribution is 6.33. The Hall–Kier alpha value is -2.29. The van der Waals surface area contributed by atoms with Crippen molar-refractivity contribution in [3.05, 3.63) is 34.2 Å². The Kier molecular flexibility index (Phi) is 4.75. The summed E-state index contributed by atoms with van der Waals surface area (Å²) >= 11 is 5.83. The number of aliphatic carboxylic acids is 1. The predicted octanol–water partition coefficient (Wildman–Crippen LogP) is 2.91. The molecule has 2 N–H and O–H groups in total. The van der Waals surface area contributed by atoms with E-state index in [0.717, 1.165) is 10.5 Å². The maximum atomic E-state index is 12.9. The minimum atomic E-state index is -4.66. The molecule has 6 nitrogen and oxygen atoms in total. The van der Waals surface area contributed by atoms with E-state index in [9.17, 15) is 22.8 Å². The van der Waals surface area contributed by atoms with Crippen LogP contribution in [0.1, 0.15) is 35.1 Å². The molecule has 1 atom stereocenters. The zero-order valence-electron chi connectivity index (χ0n) is 12.6. The third kappa shape index (κ3) is 3.30. The Bertz CT molecular complexity index is 817. The van der Waals surface area contributed by atoms with E-state index in [0.29, 0.717) is 6.20 Å². The zero-order valence-corrected chi connectivity index (χ0v) is 13.4. The summed E-state index contributed by atoms with van der Waals surface area (Å²) in [6.07, 6.45) is -3.83. The number of carbonyl (C=O) groups is 2. The van der Waals surface area contributed by atoms with Gasteiger partial charge in [0.05, 0.1) is 16.3 Å². The number of rotatable bonds is 4. The van der Waals surface area contributed by atoms with Gasteiger partial charge >= 0.3 is 12.1 Å². The smallest absolute Gasteiger partial charge is 0.417 e. The number of nitrogens with zero attached hydrogens (tertiary/aromatic N) is 2. The molecule has 24 heavy (non-hydrogen) atoms. The van der Waals surface area contributed by atoms with Crippen molar-refractivity contribution in [1.29, 1.82) is 0 Å². The van der Waals surface area contributed by atoms with E-state index in [1.807, 2.05) is 0 Å². The van der Waals surface area contributed by atoms with Gasteiger partial charge in [-0.2, -0.15) is 13.2 Å². The molecule has 0 bridgehead atoms. The van der Waals surface area contributed by atoms with Crippen LogP contribution in [0.4, 0.5) is 13.2 Å². The summed E-state index contributed by atoms with van der Waals surface area (Å²) < 4.78 is 39.7. The molecule has 0 aliphatic heterocycles. The van der Waals surface area contributed by atoms with Crippen LogP contribution in [0.3, 0.4) is 0 Å². The molecule has 1 amide bonds. The standard InChI is InChI=1S/C14H13ClF3N3O3/c1-3-9(13(23)24)20-12(22)10-6(2)19-11-8(15)4-7(5-21(10)11)14(16,17)18/h4-5,9H,3H2,1-2H3,(H,20,22)(H,23,24). The van der Waals surface area contributed by atoms with Crippen LogP contribution in [0, 0.1) is 6.92 Å². The number of fused-ring (bicyclic) bond motifs is 1. The number of carboxylic acids is 1. The van der Waals surface area contributed by atoms with Crippen molar-refractivity contribution in [3.8, 4) is 0 Å². The van der Waals surface area contributed by atoms with Gasteiger partial charge in [-0.3, -0.25) is 9.20 Å². The van der Waals surface area contributed by atoms with Crippen molar-refractivity contribution in [2.75, 3.05) is 0 Å². The fourth-order valence-electron chi connectivity index (χ4n) is 2.21. The van der Waals surface area contributed by atoms with Crippen molar-refractivity contribution in [1.82, 2.24) is 14.7 Å². The number of pyridine rings is 1. The van der Waals surface area contributed by atoms with Crippen LogP contribution in [0.5, 0.6) is 0 Å². The lowest BCUT2D eigenvalue weighted by Gasteiger charge is -2.13. The van der Waals surface area contributed by atoms with E-state index >= 15 is 0 Å². The number of alkyl halides is 3. The van der Waals surface area contributed by atoms with Crippen molar-refractivity contribution < 1.29 is 27.9 Å². The number of aryl methyl sites for hydroxylation is 1. The van der Waals surface area contributed by atoms with Gasteiger partial charge in [-0.25, -0.2) is 9.78 Å². The van der Waals surface area contributed by atoms with E-state index < -0.39 is 29.7 Å². The van der Waals surface area contributed by atoms with Gasteiger partial charge in [0.25, 0.3) is 5.91 Å². The van der Waals surface area contributed by atoms with Gasteiger partial charge < -0.3 is 10.4 Å². The summed E-state index contributed by atoms with van der Waals surface area (Å²) in [6.45, 7) is 2.98.